The number of nitrogen functional groups attached to an aromatic ring is 1. The third-order valence-corrected chi connectivity index (χ3v) is 3.89. The predicted molar refractivity (Wildman–Crippen MR) is 93.1 cm³/mol. The molecule has 0 unspecified atom stereocenters. The maximum absolute atomic E-state index is 11.2. The number of halogens is 1. The lowest BCUT2D eigenvalue weighted by Crippen LogP contribution is -2.25. The summed E-state index contributed by atoms with van der Waals surface area (Å²) in [5, 5.41) is 13.3. The number of nitrogens with two attached hydrogens (primary N) is 1. The van der Waals surface area contributed by atoms with Gasteiger partial charge < -0.3 is 16.2 Å². The molecule has 1 amide bonds. The van der Waals surface area contributed by atoms with Gasteiger partial charge in [0.05, 0.1) is 5.33 Å². The summed E-state index contributed by atoms with van der Waals surface area (Å²) in [7, 11) is 0. The lowest BCUT2D eigenvalue weighted by atomic mass is 9.95. The minimum absolute atomic E-state index is 0.0372. The van der Waals surface area contributed by atoms with Crippen molar-refractivity contribution in [2.24, 2.45) is 0 Å². The molecule has 0 saturated carbocycles. The summed E-state index contributed by atoms with van der Waals surface area (Å²) < 4.78 is 0. The van der Waals surface area contributed by atoms with Gasteiger partial charge in [-0.1, -0.05) is 46.3 Å². The van der Waals surface area contributed by atoms with Gasteiger partial charge in [0, 0.05) is 23.9 Å². The molecule has 0 radical (unpaired) electrons. The summed E-state index contributed by atoms with van der Waals surface area (Å²) in [5.41, 5.74) is 9.20. The molecule has 0 saturated heterocycles. The Morgan fingerprint density at radius 3 is 2.64 bits per heavy atom. The molecule has 0 spiro atoms. The van der Waals surface area contributed by atoms with Gasteiger partial charge in [0.15, 0.2) is 0 Å². The summed E-state index contributed by atoms with van der Waals surface area (Å²) in [4.78, 5) is 11.2. The summed E-state index contributed by atoms with van der Waals surface area (Å²) in [5.74, 6) is 0.162. The second-order valence-corrected chi connectivity index (χ2v) is 5.58. The van der Waals surface area contributed by atoms with Crippen LogP contribution in [0.5, 0.6) is 5.75 Å². The van der Waals surface area contributed by atoms with Crippen molar-refractivity contribution in [1.29, 1.82) is 0 Å². The fourth-order valence-corrected chi connectivity index (χ4v) is 2.55. The van der Waals surface area contributed by atoms with Gasteiger partial charge in [-0.25, -0.2) is 0 Å². The highest BCUT2D eigenvalue weighted by atomic mass is 79.9. The number of anilines is 1. The Labute approximate surface area is 138 Å². The topological polar surface area (TPSA) is 75.3 Å². The van der Waals surface area contributed by atoms with E-state index >= 15 is 0 Å². The average Bonchev–Trinajstić information content (AvgIpc) is 2.53. The van der Waals surface area contributed by atoms with Crippen LogP contribution in [0.4, 0.5) is 5.69 Å². The molecule has 0 aliphatic rings. The zero-order valence-electron chi connectivity index (χ0n) is 12.2. The van der Waals surface area contributed by atoms with Gasteiger partial charge in [0.25, 0.3) is 0 Å². The molecule has 0 aliphatic heterocycles. The summed E-state index contributed by atoms with van der Waals surface area (Å²) in [6, 6.07) is 13.3. The molecule has 0 heterocycles. The smallest absolute Gasteiger partial charge is 0.230 e. The van der Waals surface area contributed by atoms with E-state index < -0.39 is 0 Å². The van der Waals surface area contributed by atoms with E-state index in [0.29, 0.717) is 24.0 Å². The van der Waals surface area contributed by atoms with Crippen molar-refractivity contribution in [3.05, 3.63) is 48.0 Å². The molecule has 116 valence electrons. The number of phenolic OH excluding ortho intramolecular Hbond substituents is 1. The van der Waals surface area contributed by atoms with E-state index in [1.807, 2.05) is 36.4 Å². The van der Waals surface area contributed by atoms with Crippen LogP contribution >= 0.6 is 15.9 Å². The molecule has 0 aliphatic carbocycles. The minimum atomic E-state index is -0.0372. The van der Waals surface area contributed by atoms with Crippen molar-refractivity contribution in [3.8, 4) is 16.9 Å². The van der Waals surface area contributed by atoms with Crippen LogP contribution in [0.3, 0.4) is 0 Å². The third kappa shape index (κ3) is 4.24. The number of hydrogen-bond acceptors (Lipinski definition) is 3. The Hall–Kier alpha value is -2.01. The van der Waals surface area contributed by atoms with Crippen molar-refractivity contribution in [2.45, 2.75) is 12.8 Å². The average molecular weight is 363 g/mol. The summed E-state index contributed by atoms with van der Waals surface area (Å²) >= 11 is 3.11. The molecule has 2 aromatic carbocycles. The van der Waals surface area contributed by atoms with Crippen LogP contribution in [-0.2, 0) is 11.2 Å². The standard InChI is InChI=1S/C17H19BrN2O2/c18-11-17(22)20-8-4-7-14-15(9-13(19)10-16(14)21)12-5-2-1-3-6-12/h1-3,5-6,9-10,21H,4,7-8,11,19H2,(H,20,22). The Morgan fingerprint density at radius 2 is 1.95 bits per heavy atom. The van der Waals surface area contributed by atoms with Gasteiger partial charge in [0.2, 0.25) is 5.91 Å². The number of carbonyl (C=O) groups excluding carboxylic acids is 1. The molecular formula is C17H19BrN2O2. The molecule has 0 fully saturated rings. The van der Waals surface area contributed by atoms with E-state index in [1.165, 1.54) is 0 Å². The molecule has 2 rings (SSSR count). The molecule has 0 atom stereocenters. The number of nitrogens with one attached hydrogen (secondary N) is 1. The van der Waals surface area contributed by atoms with Crippen molar-refractivity contribution < 1.29 is 9.90 Å². The fourth-order valence-electron chi connectivity index (χ4n) is 2.36. The van der Waals surface area contributed by atoms with E-state index in [0.717, 1.165) is 23.1 Å². The fraction of sp³-hybridized carbons (Fsp3) is 0.235. The predicted octanol–water partition coefficient (Wildman–Crippen LogP) is 3.09. The third-order valence-electron chi connectivity index (χ3n) is 3.38. The zero-order valence-corrected chi connectivity index (χ0v) is 13.8. The van der Waals surface area contributed by atoms with Gasteiger partial charge in [-0.05, 0) is 30.0 Å². The van der Waals surface area contributed by atoms with Crippen molar-refractivity contribution in [3.63, 3.8) is 0 Å². The molecule has 0 bridgehead atoms. The van der Waals surface area contributed by atoms with Gasteiger partial charge in [-0.3, -0.25) is 4.79 Å². The second kappa shape index (κ2) is 7.84. The van der Waals surface area contributed by atoms with Crippen LogP contribution in [0.2, 0.25) is 0 Å². The first-order valence-corrected chi connectivity index (χ1v) is 8.23. The first-order chi connectivity index (χ1) is 10.6. The first-order valence-electron chi connectivity index (χ1n) is 7.11. The van der Waals surface area contributed by atoms with Crippen LogP contribution in [0.25, 0.3) is 11.1 Å². The maximum Gasteiger partial charge on any atom is 0.230 e. The Kier molecular flexibility index (Phi) is 5.83. The largest absolute Gasteiger partial charge is 0.508 e. The maximum atomic E-state index is 11.2. The van der Waals surface area contributed by atoms with Gasteiger partial charge in [-0.2, -0.15) is 0 Å². The SMILES string of the molecule is Nc1cc(O)c(CCCNC(=O)CBr)c(-c2ccccc2)c1. The number of alkyl halides is 1. The van der Waals surface area contributed by atoms with Crippen molar-refractivity contribution in [1.82, 2.24) is 5.32 Å². The van der Waals surface area contributed by atoms with Gasteiger partial charge in [0.1, 0.15) is 5.75 Å². The number of benzene rings is 2. The molecule has 4 N–H and O–H groups in total. The van der Waals surface area contributed by atoms with Crippen molar-refractivity contribution in [2.75, 3.05) is 17.6 Å². The Balaban J connectivity index is 2.18. The van der Waals surface area contributed by atoms with Crippen LogP contribution in [0.1, 0.15) is 12.0 Å². The highest BCUT2D eigenvalue weighted by molar-refractivity contribution is 9.09. The number of amides is 1. The highest BCUT2D eigenvalue weighted by Crippen LogP contribution is 2.33. The molecule has 5 heteroatoms. The molecule has 0 aromatic heterocycles. The van der Waals surface area contributed by atoms with Crippen LogP contribution in [-0.4, -0.2) is 22.9 Å². The van der Waals surface area contributed by atoms with Crippen molar-refractivity contribution >= 4 is 27.5 Å². The molecule has 22 heavy (non-hydrogen) atoms. The zero-order chi connectivity index (χ0) is 15.9. The quantitative estimate of drug-likeness (QED) is 0.419. The number of phenols is 1. The minimum Gasteiger partial charge on any atom is -0.508 e. The highest BCUT2D eigenvalue weighted by Gasteiger charge is 2.11. The van der Waals surface area contributed by atoms with E-state index in [1.54, 1.807) is 6.07 Å². The normalized spacial score (nSPS) is 10.4. The van der Waals surface area contributed by atoms with Crippen LogP contribution in [0, 0.1) is 0 Å². The van der Waals surface area contributed by atoms with E-state index in [9.17, 15) is 9.90 Å². The Bertz CT molecular complexity index is 645. The molecule has 4 nitrogen and oxygen atoms in total. The number of aromatic hydroxyl groups is 1. The monoisotopic (exact) mass is 362 g/mol. The van der Waals surface area contributed by atoms with E-state index in [2.05, 4.69) is 21.2 Å². The number of carbonyl (C=O) groups is 1. The molecule has 2 aromatic rings. The van der Waals surface area contributed by atoms with Gasteiger partial charge in [-0.15, -0.1) is 0 Å². The molecular weight excluding hydrogens is 344 g/mol. The van der Waals surface area contributed by atoms with Crippen LogP contribution < -0.4 is 11.1 Å². The van der Waals surface area contributed by atoms with Crippen LogP contribution in [0.15, 0.2) is 42.5 Å². The van der Waals surface area contributed by atoms with E-state index in [4.69, 9.17) is 5.73 Å². The first kappa shape index (κ1) is 16.4. The lowest BCUT2D eigenvalue weighted by molar-refractivity contribution is -0.118. The summed E-state index contributed by atoms with van der Waals surface area (Å²) in [6.45, 7) is 0.572. The number of hydrogen-bond donors (Lipinski definition) is 3. The van der Waals surface area contributed by atoms with Gasteiger partial charge >= 0.3 is 0 Å². The second-order valence-electron chi connectivity index (χ2n) is 5.02. The Morgan fingerprint density at radius 1 is 1.23 bits per heavy atom. The van der Waals surface area contributed by atoms with E-state index in [-0.39, 0.29) is 11.7 Å². The summed E-state index contributed by atoms with van der Waals surface area (Å²) in [6.07, 6.45) is 1.41. The lowest BCUT2D eigenvalue weighted by Gasteiger charge is -2.13. The number of rotatable bonds is 6.